The van der Waals surface area contributed by atoms with Crippen molar-refractivity contribution in [3.63, 3.8) is 0 Å². The average Bonchev–Trinajstić information content (AvgIpc) is 1.89. The van der Waals surface area contributed by atoms with Crippen LogP contribution in [0.5, 0.6) is 0 Å². The maximum absolute atomic E-state index is 10.3. The summed E-state index contributed by atoms with van der Waals surface area (Å²) >= 11 is 0. The van der Waals surface area contributed by atoms with E-state index in [9.17, 15) is 4.79 Å². The van der Waals surface area contributed by atoms with Gasteiger partial charge >= 0.3 is 5.97 Å². The Kier molecular flexibility index (Phi) is 4.58. The molecule has 0 bridgehead atoms. The summed E-state index contributed by atoms with van der Waals surface area (Å²) in [5.41, 5.74) is 0. The minimum atomic E-state index is -0.802. The second-order valence-electron chi connectivity index (χ2n) is 2.00. The van der Waals surface area contributed by atoms with Gasteiger partial charge in [-0.3, -0.25) is 4.79 Å². The summed E-state index contributed by atoms with van der Waals surface area (Å²) in [6, 6.07) is -0.432. The van der Waals surface area contributed by atoms with Crippen molar-refractivity contribution in [2.75, 3.05) is 6.54 Å². The zero-order valence-corrected chi connectivity index (χ0v) is 6.13. The zero-order chi connectivity index (χ0) is 7.98. The van der Waals surface area contributed by atoms with E-state index in [1.165, 1.54) is 0 Å². The molecular formula is C7H13NO2. The summed E-state index contributed by atoms with van der Waals surface area (Å²) in [7, 11) is 0. The van der Waals surface area contributed by atoms with E-state index in [0.29, 0.717) is 13.0 Å². The van der Waals surface area contributed by atoms with Crippen LogP contribution in [0.3, 0.4) is 0 Å². The van der Waals surface area contributed by atoms with Crippen LogP contribution in [-0.4, -0.2) is 23.7 Å². The summed E-state index contributed by atoms with van der Waals surface area (Å²) in [6.45, 7) is 5.85. The Bertz CT molecular complexity index is 123. The Labute approximate surface area is 60.7 Å². The monoisotopic (exact) mass is 143 g/mol. The van der Waals surface area contributed by atoms with Crippen molar-refractivity contribution in [1.82, 2.24) is 5.32 Å². The van der Waals surface area contributed by atoms with Gasteiger partial charge in [0.15, 0.2) is 0 Å². The van der Waals surface area contributed by atoms with Crippen LogP contribution in [0.25, 0.3) is 0 Å². The standard InChI is InChI=1S/C7H13NO2/c1-3-5-8-6(4-2)7(9)10/h3,6,8H,1,4-5H2,2H3,(H,9,10). The van der Waals surface area contributed by atoms with E-state index in [1.807, 2.05) is 6.92 Å². The van der Waals surface area contributed by atoms with Gasteiger partial charge in [0.05, 0.1) is 0 Å². The molecule has 3 heteroatoms. The summed E-state index contributed by atoms with van der Waals surface area (Å²) in [6.07, 6.45) is 2.24. The number of rotatable bonds is 5. The highest BCUT2D eigenvalue weighted by Crippen LogP contribution is 1.89. The highest BCUT2D eigenvalue weighted by Gasteiger charge is 2.11. The van der Waals surface area contributed by atoms with Gasteiger partial charge in [-0.2, -0.15) is 0 Å². The summed E-state index contributed by atoms with van der Waals surface area (Å²) in [5, 5.41) is 11.3. The van der Waals surface area contributed by atoms with E-state index in [2.05, 4.69) is 11.9 Å². The van der Waals surface area contributed by atoms with Gasteiger partial charge < -0.3 is 10.4 Å². The van der Waals surface area contributed by atoms with Crippen LogP contribution in [0.15, 0.2) is 12.7 Å². The lowest BCUT2D eigenvalue weighted by Gasteiger charge is -2.08. The molecule has 0 heterocycles. The van der Waals surface area contributed by atoms with E-state index < -0.39 is 12.0 Å². The Morgan fingerprint density at radius 2 is 2.50 bits per heavy atom. The van der Waals surface area contributed by atoms with Crippen LogP contribution in [0.4, 0.5) is 0 Å². The Balaban J connectivity index is 3.60. The first-order valence-corrected chi connectivity index (χ1v) is 3.29. The second-order valence-corrected chi connectivity index (χ2v) is 2.00. The molecule has 1 unspecified atom stereocenters. The average molecular weight is 143 g/mol. The third-order valence-electron chi connectivity index (χ3n) is 1.21. The molecule has 3 nitrogen and oxygen atoms in total. The van der Waals surface area contributed by atoms with Crippen LogP contribution in [-0.2, 0) is 4.79 Å². The molecule has 0 spiro atoms. The first kappa shape index (κ1) is 9.17. The zero-order valence-electron chi connectivity index (χ0n) is 6.13. The molecule has 2 N–H and O–H groups in total. The minimum Gasteiger partial charge on any atom is -0.480 e. The van der Waals surface area contributed by atoms with Gasteiger partial charge in [-0.1, -0.05) is 13.0 Å². The highest BCUT2D eigenvalue weighted by molar-refractivity contribution is 5.73. The lowest BCUT2D eigenvalue weighted by Crippen LogP contribution is -2.35. The Hall–Kier alpha value is -0.830. The van der Waals surface area contributed by atoms with Crippen LogP contribution in [0.2, 0.25) is 0 Å². The smallest absolute Gasteiger partial charge is 0.320 e. The quantitative estimate of drug-likeness (QED) is 0.555. The first-order chi connectivity index (χ1) is 4.72. The van der Waals surface area contributed by atoms with E-state index in [-0.39, 0.29) is 0 Å². The van der Waals surface area contributed by atoms with Gasteiger partial charge in [-0.05, 0) is 6.42 Å². The number of carbonyl (C=O) groups is 1. The van der Waals surface area contributed by atoms with Gasteiger partial charge in [-0.25, -0.2) is 0 Å². The Morgan fingerprint density at radius 1 is 1.90 bits per heavy atom. The van der Waals surface area contributed by atoms with Crippen LogP contribution in [0.1, 0.15) is 13.3 Å². The second kappa shape index (κ2) is 4.99. The van der Waals surface area contributed by atoms with Crippen molar-refractivity contribution < 1.29 is 9.90 Å². The summed E-state index contributed by atoms with van der Waals surface area (Å²) in [5.74, 6) is -0.802. The molecular weight excluding hydrogens is 130 g/mol. The molecule has 0 rings (SSSR count). The number of hydrogen-bond donors (Lipinski definition) is 2. The summed E-state index contributed by atoms with van der Waals surface area (Å²) in [4.78, 5) is 10.3. The molecule has 0 amide bonds. The molecule has 10 heavy (non-hydrogen) atoms. The van der Waals surface area contributed by atoms with Crippen LogP contribution < -0.4 is 5.32 Å². The van der Waals surface area contributed by atoms with E-state index in [0.717, 1.165) is 0 Å². The van der Waals surface area contributed by atoms with E-state index in [4.69, 9.17) is 5.11 Å². The van der Waals surface area contributed by atoms with Gasteiger partial charge in [0, 0.05) is 6.54 Å². The van der Waals surface area contributed by atoms with Crippen LogP contribution >= 0.6 is 0 Å². The largest absolute Gasteiger partial charge is 0.480 e. The van der Waals surface area contributed by atoms with Gasteiger partial charge in [-0.15, -0.1) is 6.58 Å². The molecule has 0 saturated carbocycles. The number of aliphatic carboxylic acids is 1. The van der Waals surface area contributed by atoms with Gasteiger partial charge in [0.25, 0.3) is 0 Å². The van der Waals surface area contributed by atoms with Crippen molar-refractivity contribution >= 4 is 5.97 Å². The molecule has 0 radical (unpaired) electrons. The summed E-state index contributed by atoms with van der Waals surface area (Å²) < 4.78 is 0. The molecule has 0 saturated heterocycles. The third kappa shape index (κ3) is 3.25. The third-order valence-corrected chi connectivity index (χ3v) is 1.21. The molecule has 58 valence electrons. The number of hydrogen-bond acceptors (Lipinski definition) is 2. The molecule has 1 atom stereocenters. The minimum absolute atomic E-state index is 0.432. The van der Waals surface area contributed by atoms with E-state index in [1.54, 1.807) is 6.08 Å². The SMILES string of the molecule is C=CCNC(CC)C(=O)O. The predicted octanol–water partition coefficient (Wildman–Crippen LogP) is 0.625. The molecule has 0 aliphatic rings. The maximum atomic E-state index is 10.3. The molecule has 0 aromatic carbocycles. The predicted molar refractivity (Wildman–Crippen MR) is 39.9 cm³/mol. The Morgan fingerprint density at radius 3 is 2.80 bits per heavy atom. The number of carboxylic acid groups (broad SMARTS) is 1. The number of nitrogens with one attached hydrogen (secondary N) is 1. The maximum Gasteiger partial charge on any atom is 0.320 e. The van der Waals surface area contributed by atoms with Crippen molar-refractivity contribution in [3.8, 4) is 0 Å². The first-order valence-electron chi connectivity index (χ1n) is 3.29. The van der Waals surface area contributed by atoms with Crippen molar-refractivity contribution in [1.29, 1.82) is 0 Å². The van der Waals surface area contributed by atoms with Crippen LogP contribution in [0, 0.1) is 0 Å². The molecule has 0 aliphatic carbocycles. The molecule has 0 fully saturated rings. The molecule has 0 aromatic rings. The molecule has 0 aromatic heterocycles. The lowest BCUT2D eigenvalue weighted by atomic mass is 10.2. The van der Waals surface area contributed by atoms with Crippen molar-refractivity contribution in [2.45, 2.75) is 19.4 Å². The highest BCUT2D eigenvalue weighted by atomic mass is 16.4. The fourth-order valence-electron chi connectivity index (χ4n) is 0.632. The number of carboxylic acids is 1. The fourth-order valence-corrected chi connectivity index (χ4v) is 0.632. The fraction of sp³-hybridized carbons (Fsp3) is 0.571. The molecule has 0 aliphatic heterocycles. The van der Waals surface area contributed by atoms with Crippen molar-refractivity contribution in [2.24, 2.45) is 0 Å². The van der Waals surface area contributed by atoms with E-state index >= 15 is 0 Å². The van der Waals surface area contributed by atoms with Gasteiger partial charge in [0.1, 0.15) is 6.04 Å². The normalized spacial score (nSPS) is 12.5. The lowest BCUT2D eigenvalue weighted by molar-refractivity contribution is -0.139. The van der Waals surface area contributed by atoms with Crippen molar-refractivity contribution in [3.05, 3.63) is 12.7 Å². The van der Waals surface area contributed by atoms with Gasteiger partial charge in [0.2, 0.25) is 0 Å². The topological polar surface area (TPSA) is 49.3 Å².